The van der Waals surface area contributed by atoms with Crippen LogP contribution in [-0.4, -0.2) is 47.9 Å². The normalized spacial score (nSPS) is 18.2. The smallest absolute Gasteiger partial charge is 0.242 e. The molecular formula is C24H30N2O3S. The summed E-state index contributed by atoms with van der Waals surface area (Å²) < 4.78 is 6.05. The highest BCUT2D eigenvalue weighted by atomic mass is 32.1. The van der Waals surface area contributed by atoms with Crippen molar-refractivity contribution in [1.82, 2.24) is 9.80 Å². The molecule has 2 aliphatic rings. The summed E-state index contributed by atoms with van der Waals surface area (Å²) in [6, 6.07) is 11.7. The van der Waals surface area contributed by atoms with E-state index in [0.717, 1.165) is 25.0 Å². The summed E-state index contributed by atoms with van der Waals surface area (Å²) in [5.74, 6) is 1.35. The van der Waals surface area contributed by atoms with Gasteiger partial charge in [0.05, 0.1) is 12.6 Å². The Hall–Kier alpha value is -2.34. The summed E-state index contributed by atoms with van der Waals surface area (Å²) in [4.78, 5) is 31.1. The van der Waals surface area contributed by atoms with Crippen molar-refractivity contribution in [2.75, 3.05) is 26.2 Å². The quantitative estimate of drug-likeness (QED) is 0.637. The number of amides is 2. The molecule has 1 saturated carbocycles. The number of thiophene rings is 1. The number of hydrogen-bond acceptors (Lipinski definition) is 4. The number of fused-ring (bicyclic) bond motifs is 1. The Morgan fingerprint density at radius 2 is 1.97 bits per heavy atom. The Bertz CT molecular complexity index is 876. The highest BCUT2D eigenvalue weighted by Crippen LogP contribution is 2.34. The molecule has 1 fully saturated rings. The van der Waals surface area contributed by atoms with Crippen LogP contribution in [0.4, 0.5) is 0 Å². The lowest BCUT2D eigenvalue weighted by Gasteiger charge is -2.37. The molecule has 2 amide bonds. The molecule has 5 nitrogen and oxygen atoms in total. The molecular weight excluding hydrogens is 396 g/mol. The van der Waals surface area contributed by atoms with Crippen LogP contribution in [0.5, 0.6) is 5.75 Å². The molecule has 4 rings (SSSR count). The van der Waals surface area contributed by atoms with Gasteiger partial charge in [-0.3, -0.25) is 9.59 Å². The number of rotatable bonds is 8. The van der Waals surface area contributed by atoms with E-state index in [9.17, 15) is 9.59 Å². The molecule has 1 unspecified atom stereocenters. The van der Waals surface area contributed by atoms with E-state index in [2.05, 4.69) is 11.4 Å². The molecule has 0 N–H and O–H groups in total. The van der Waals surface area contributed by atoms with Gasteiger partial charge in [-0.1, -0.05) is 32.0 Å². The second-order valence-corrected chi connectivity index (χ2v) is 9.59. The monoisotopic (exact) mass is 426 g/mol. The first kappa shape index (κ1) is 20.9. The van der Waals surface area contributed by atoms with E-state index < -0.39 is 0 Å². The van der Waals surface area contributed by atoms with Gasteiger partial charge < -0.3 is 14.5 Å². The Labute approximate surface area is 182 Å². The van der Waals surface area contributed by atoms with Crippen molar-refractivity contribution in [2.24, 2.45) is 11.8 Å². The Morgan fingerprint density at radius 3 is 2.67 bits per heavy atom. The van der Waals surface area contributed by atoms with Crippen LogP contribution in [0.15, 0.2) is 41.8 Å². The number of carbonyl (C=O) groups excluding carboxylic acids is 2. The van der Waals surface area contributed by atoms with Crippen LogP contribution in [0.25, 0.3) is 0 Å². The molecule has 1 atom stereocenters. The van der Waals surface area contributed by atoms with Crippen LogP contribution in [-0.2, 0) is 16.0 Å². The highest BCUT2D eigenvalue weighted by molar-refractivity contribution is 7.10. The van der Waals surface area contributed by atoms with Crippen LogP contribution in [0.1, 0.15) is 43.2 Å². The standard InChI is InChI=1S/C24H30N2O3S/c1-17(2)24(28)25(14-18-8-9-18)15-23(27)26-12-10-22-20(11-13-30-22)21(26)16-29-19-6-4-3-5-7-19/h3-7,11,13,17-18,21H,8-10,12,14-16H2,1-2H3. The van der Waals surface area contributed by atoms with Crippen molar-refractivity contribution in [3.63, 3.8) is 0 Å². The summed E-state index contributed by atoms with van der Waals surface area (Å²) in [7, 11) is 0. The Kier molecular flexibility index (Phi) is 6.42. The molecule has 0 bridgehead atoms. The van der Waals surface area contributed by atoms with E-state index in [1.807, 2.05) is 49.1 Å². The SMILES string of the molecule is CC(C)C(=O)N(CC(=O)N1CCc2sccc2C1COc1ccccc1)CC1CC1. The molecule has 0 spiro atoms. The molecule has 1 aromatic heterocycles. The first-order valence-corrected chi connectivity index (χ1v) is 11.7. The summed E-state index contributed by atoms with van der Waals surface area (Å²) in [5.41, 5.74) is 1.18. The molecule has 1 aromatic carbocycles. The zero-order valence-electron chi connectivity index (χ0n) is 17.8. The van der Waals surface area contributed by atoms with Crippen molar-refractivity contribution in [1.29, 1.82) is 0 Å². The zero-order chi connectivity index (χ0) is 21.1. The first-order valence-electron chi connectivity index (χ1n) is 10.8. The van der Waals surface area contributed by atoms with Gasteiger partial charge in [0.15, 0.2) is 0 Å². The van der Waals surface area contributed by atoms with E-state index in [1.54, 1.807) is 16.2 Å². The van der Waals surface area contributed by atoms with Gasteiger partial charge in [-0.05, 0) is 54.3 Å². The fraction of sp³-hybridized carbons (Fsp3) is 0.500. The highest BCUT2D eigenvalue weighted by Gasteiger charge is 2.35. The topological polar surface area (TPSA) is 49.9 Å². The third kappa shape index (κ3) is 4.86. The van der Waals surface area contributed by atoms with Gasteiger partial charge in [0.1, 0.15) is 12.4 Å². The van der Waals surface area contributed by atoms with Gasteiger partial charge in [0.2, 0.25) is 11.8 Å². The van der Waals surface area contributed by atoms with Crippen LogP contribution in [0.2, 0.25) is 0 Å². The molecule has 2 heterocycles. The van der Waals surface area contributed by atoms with Crippen molar-refractivity contribution < 1.29 is 14.3 Å². The molecule has 2 aromatic rings. The number of benzene rings is 1. The maximum atomic E-state index is 13.4. The third-order valence-corrected chi connectivity index (χ3v) is 6.87. The van der Waals surface area contributed by atoms with E-state index in [-0.39, 0.29) is 30.3 Å². The van der Waals surface area contributed by atoms with Crippen LogP contribution >= 0.6 is 11.3 Å². The van der Waals surface area contributed by atoms with Crippen LogP contribution < -0.4 is 4.74 Å². The number of nitrogens with zero attached hydrogens (tertiary/aromatic N) is 2. The minimum Gasteiger partial charge on any atom is -0.491 e. The fourth-order valence-electron chi connectivity index (χ4n) is 4.03. The summed E-state index contributed by atoms with van der Waals surface area (Å²) in [6.07, 6.45) is 3.18. The number of carbonyl (C=O) groups is 2. The maximum absolute atomic E-state index is 13.4. The minimum absolute atomic E-state index is 0.0168. The molecule has 1 aliphatic carbocycles. The minimum atomic E-state index is -0.121. The van der Waals surface area contributed by atoms with E-state index >= 15 is 0 Å². The lowest BCUT2D eigenvalue weighted by atomic mass is 10.00. The average Bonchev–Trinajstić information content (AvgIpc) is 3.44. The second kappa shape index (κ2) is 9.21. The molecule has 0 radical (unpaired) electrons. The van der Waals surface area contributed by atoms with Crippen molar-refractivity contribution in [2.45, 2.75) is 39.2 Å². The van der Waals surface area contributed by atoms with Gasteiger partial charge in [-0.25, -0.2) is 0 Å². The number of hydrogen-bond donors (Lipinski definition) is 0. The largest absolute Gasteiger partial charge is 0.491 e. The molecule has 1 aliphatic heterocycles. The predicted molar refractivity (Wildman–Crippen MR) is 119 cm³/mol. The van der Waals surface area contributed by atoms with Crippen molar-refractivity contribution in [3.05, 3.63) is 52.2 Å². The first-order chi connectivity index (χ1) is 14.5. The maximum Gasteiger partial charge on any atom is 0.242 e. The van der Waals surface area contributed by atoms with Gasteiger partial charge in [-0.2, -0.15) is 0 Å². The third-order valence-electron chi connectivity index (χ3n) is 5.87. The van der Waals surface area contributed by atoms with Gasteiger partial charge in [-0.15, -0.1) is 11.3 Å². The average molecular weight is 427 g/mol. The second-order valence-electron chi connectivity index (χ2n) is 8.59. The predicted octanol–water partition coefficient (Wildman–Crippen LogP) is 4.15. The van der Waals surface area contributed by atoms with Gasteiger partial charge in [0, 0.05) is 23.9 Å². The van der Waals surface area contributed by atoms with E-state index in [1.165, 1.54) is 10.4 Å². The van der Waals surface area contributed by atoms with Gasteiger partial charge >= 0.3 is 0 Å². The number of ether oxygens (including phenoxy) is 1. The lowest BCUT2D eigenvalue weighted by Crippen LogP contribution is -2.49. The Balaban J connectivity index is 1.49. The summed E-state index contributed by atoms with van der Waals surface area (Å²) >= 11 is 1.75. The van der Waals surface area contributed by atoms with E-state index in [0.29, 0.717) is 25.6 Å². The van der Waals surface area contributed by atoms with Crippen molar-refractivity contribution >= 4 is 23.2 Å². The fourth-order valence-corrected chi connectivity index (χ4v) is 4.96. The summed E-state index contributed by atoms with van der Waals surface area (Å²) in [6.45, 7) is 5.76. The van der Waals surface area contributed by atoms with Crippen LogP contribution in [0.3, 0.4) is 0 Å². The zero-order valence-corrected chi connectivity index (χ0v) is 18.6. The lowest BCUT2D eigenvalue weighted by molar-refractivity contribution is -0.144. The summed E-state index contributed by atoms with van der Waals surface area (Å²) in [5, 5.41) is 2.09. The van der Waals surface area contributed by atoms with E-state index in [4.69, 9.17) is 4.74 Å². The van der Waals surface area contributed by atoms with Gasteiger partial charge in [0.25, 0.3) is 0 Å². The Morgan fingerprint density at radius 1 is 1.20 bits per heavy atom. The van der Waals surface area contributed by atoms with Crippen LogP contribution in [0, 0.1) is 11.8 Å². The molecule has 30 heavy (non-hydrogen) atoms. The number of para-hydroxylation sites is 1. The molecule has 0 saturated heterocycles. The molecule has 160 valence electrons. The van der Waals surface area contributed by atoms with Crippen molar-refractivity contribution in [3.8, 4) is 5.75 Å². The molecule has 6 heteroatoms.